The fraction of sp³-hybridized carbons (Fsp3) is 0.818. The van der Waals surface area contributed by atoms with Gasteiger partial charge in [0.15, 0.2) is 0 Å². The fourth-order valence-electron chi connectivity index (χ4n) is 1.33. The Hall–Kier alpha value is -0.330. The van der Waals surface area contributed by atoms with Crippen molar-refractivity contribution in [3.63, 3.8) is 0 Å². The highest BCUT2D eigenvalue weighted by Gasteiger charge is 1.93. The van der Waals surface area contributed by atoms with E-state index in [1.54, 1.807) is 0 Å². The van der Waals surface area contributed by atoms with Gasteiger partial charge in [-0.25, -0.2) is 0 Å². The Morgan fingerprint density at radius 3 is 2.33 bits per heavy atom. The van der Waals surface area contributed by atoms with Crippen LogP contribution < -0.4 is 0 Å². The monoisotopic (exact) mass is 172 g/mol. The van der Waals surface area contributed by atoms with Crippen LogP contribution in [-0.2, 0) is 0 Å². The first-order valence-electron chi connectivity index (χ1n) is 5.05. The molecule has 0 saturated carbocycles. The summed E-state index contributed by atoms with van der Waals surface area (Å²) < 4.78 is 11.7. The van der Waals surface area contributed by atoms with E-state index in [0.717, 1.165) is 12.8 Å². The second-order valence-corrected chi connectivity index (χ2v) is 3.15. The molecule has 0 aliphatic rings. The van der Waals surface area contributed by atoms with Crippen molar-refractivity contribution in [1.29, 1.82) is 0 Å². The minimum absolute atomic E-state index is 0.149. The van der Waals surface area contributed by atoms with Crippen LogP contribution in [0.3, 0.4) is 0 Å². The largest absolute Gasteiger partial charge is 0.251 e. The van der Waals surface area contributed by atoms with E-state index < -0.39 is 0 Å². The highest BCUT2D eigenvalue weighted by molar-refractivity contribution is 4.98. The van der Waals surface area contributed by atoms with Crippen LogP contribution in [0.2, 0.25) is 0 Å². The van der Waals surface area contributed by atoms with Crippen molar-refractivity contribution in [3.8, 4) is 0 Å². The second-order valence-electron chi connectivity index (χ2n) is 3.15. The number of unbranched alkanes of at least 4 members (excludes halogenated alkanes) is 3. The van der Waals surface area contributed by atoms with Crippen molar-refractivity contribution >= 4 is 0 Å². The molecule has 0 aromatic carbocycles. The topological polar surface area (TPSA) is 0 Å². The predicted octanol–water partition coefficient (Wildman–Crippen LogP) is 4.26. The zero-order chi connectivity index (χ0) is 9.23. The summed E-state index contributed by atoms with van der Waals surface area (Å²) >= 11 is 0. The zero-order valence-corrected chi connectivity index (χ0v) is 8.41. The van der Waals surface area contributed by atoms with Gasteiger partial charge in [0.1, 0.15) is 0 Å². The maximum Gasteiger partial charge on any atom is 0.0894 e. The molecule has 0 aromatic heterocycles. The van der Waals surface area contributed by atoms with Gasteiger partial charge in [0.25, 0.3) is 0 Å². The molecular formula is C11H21F. The van der Waals surface area contributed by atoms with Crippen LogP contribution in [0, 0.1) is 0 Å². The lowest BCUT2D eigenvalue weighted by atomic mass is 10.0. The van der Waals surface area contributed by atoms with Crippen LogP contribution in [-0.4, -0.2) is 6.67 Å². The number of halogens is 1. The molecule has 0 nitrogen and oxygen atoms in total. The lowest BCUT2D eigenvalue weighted by Gasteiger charge is -2.02. The fourth-order valence-corrected chi connectivity index (χ4v) is 1.33. The molecule has 0 fully saturated rings. The van der Waals surface area contributed by atoms with Gasteiger partial charge in [-0.15, -0.1) is 0 Å². The molecule has 0 atom stereocenters. The molecule has 72 valence electrons. The quantitative estimate of drug-likeness (QED) is 0.397. The summed E-state index contributed by atoms with van der Waals surface area (Å²) in [6, 6.07) is 0. The molecule has 0 spiro atoms. The van der Waals surface area contributed by atoms with Gasteiger partial charge in [0.2, 0.25) is 0 Å². The maximum absolute atomic E-state index is 11.7. The summed E-state index contributed by atoms with van der Waals surface area (Å²) in [5.74, 6) is 0. The van der Waals surface area contributed by atoms with E-state index in [4.69, 9.17) is 0 Å². The van der Waals surface area contributed by atoms with Crippen LogP contribution >= 0.6 is 0 Å². The minimum Gasteiger partial charge on any atom is -0.251 e. The van der Waals surface area contributed by atoms with Gasteiger partial charge < -0.3 is 0 Å². The van der Waals surface area contributed by atoms with E-state index in [-0.39, 0.29) is 6.67 Å². The number of hydrogen-bond acceptors (Lipinski definition) is 0. The van der Waals surface area contributed by atoms with E-state index in [0.29, 0.717) is 0 Å². The van der Waals surface area contributed by atoms with Crippen LogP contribution in [0.4, 0.5) is 4.39 Å². The smallest absolute Gasteiger partial charge is 0.0894 e. The van der Waals surface area contributed by atoms with Crippen molar-refractivity contribution in [3.05, 3.63) is 11.6 Å². The summed E-state index contributed by atoms with van der Waals surface area (Å²) in [5.41, 5.74) is 1.54. The molecule has 0 aliphatic heterocycles. The SMILES string of the molecule is CC=C(CC)CCCCCCF. The Kier molecular flexibility index (Phi) is 8.52. The van der Waals surface area contributed by atoms with Gasteiger partial charge >= 0.3 is 0 Å². The Balaban J connectivity index is 3.18. The summed E-state index contributed by atoms with van der Waals surface area (Å²) in [6.45, 7) is 4.14. The Labute approximate surface area is 75.9 Å². The van der Waals surface area contributed by atoms with Gasteiger partial charge in [0.05, 0.1) is 6.67 Å². The molecular weight excluding hydrogens is 151 g/mol. The van der Waals surface area contributed by atoms with Crippen LogP contribution in [0.5, 0.6) is 0 Å². The van der Waals surface area contributed by atoms with E-state index >= 15 is 0 Å². The first-order chi connectivity index (χ1) is 5.85. The van der Waals surface area contributed by atoms with E-state index in [9.17, 15) is 4.39 Å². The van der Waals surface area contributed by atoms with Gasteiger partial charge in [-0.3, -0.25) is 4.39 Å². The zero-order valence-electron chi connectivity index (χ0n) is 8.41. The molecule has 0 radical (unpaired) electrons. The molecule has 0 aromatic rings. The minimum atomic E-state index is -0.149. The van der Waals surface area contributed by atoms with Gasteiger partial charge in [-0.05, 0) is 32.6 Å². The van der Waals surface area contributed by atoms with E-state index in [1.165, 1.54) is 31.3 Å². The van der Waals surface area contributed by atoms with Crippen molar-refractivity contribution < 1.29 is 4.39 Å². The molecule has 0 amide bonds. The molecule has 0 N–H and O–H groups in total. The van der Waals surface area contributed by atoms with Gasteiger partial charge in [0, 0.05) is 0 Å². The molecule has 0 aliphatic carbocycles. The first kappa shape index (κ1) is 11.7. The van der Waals surface area contributed by atoms with Crippen LogP contribution in [0.1, 0.15) is 52.4 Å². The number of allylic oxidation sites excluding steroid dienone is 2. The summed E-state index contributed by atoms with van der Waals surface area (Å²) in [7, 11) is 0. The lowest BCUT2D eigenvalue weighted by molar-refractivity contribution is 0.453. The summed E-state index contributed by atoms with van der Waals surface area (Å²) in [5, 5.41) is 0. The second kappa shape index (κ2) is 8.76. The molecule has 12 heavy (non-hydrogen) atoms. The molecule has 0 rings (SSSR count). The highest BCUT2D eigenvalue weighted by Crippen LogP contribution is 2.12. The Bertz CT molecular complexity index is 116. The lowest BCUT2D eigenvalue weighted by Crippen LogP contribution is -1.83. The summed E-state index contributed by atoms with van der Waals surface area (Å²) in [4.78, 5) is 0. The highest BCUT2D eigenvalue weighted by atomic mass is 19.1. The number of alkyl halides is 1. The maximum atomic E-state index is 11.7. The number of rotatable bonds is 7. The van der Waals surface area contributed by atoms with Crippen molar-refractivity contribution in [2.24, 2.45) is 0 Å². The molecule has 0 heterocycles. The molecule has 0 bridgehead atoms. The molecule has 0 saturated heterocycles. The molecule has 0 unspecified atom stereocenters. The van der Waals surface area contributed by atoms with Gasteiger partial charge in [-0.2, -0.15) is 0 Å². The summed E-state index contributed by atoms with van der Waals surface area (Å²) in [6.07, 6.45) is 8.79. The van der Waals surface area contributed by atoms with E-state index in [1.807, 2.05) is 0 Å². The average Bonchev–Trinajstić information content (AvgIpc) is 2.11. The standard InChI is InChI=1S/C11H21F/c1-3-11(4-2)9-7-5-6-8-10-12/h3H,4-10H2,1-2H3. The predicted molar refractivity (Wildman–Crippen MR) is 53.1 cm³/mol. The van der Waals surface area contributed by atoms with Crippen molar-refractivity contribution in [2.75, 3.05) is 6.67 Å². The third-order valence-corrected chi connectivity index (χ3v) is 2.24. The first-order valence-corrected chi connectivity index (χ1v) is 5.05. The third-order valence-electron chi connectivity index (χ3n) is 2.24. The van der Waals surface area contributed by atoms with Crippen LogP contribution in [0.25, 0.3) is 0 Å². The Morgan fingerprint density at radius 1 is 1.17 bits per heavy atom. The Morgan fingerprint density at radius 2 is 1.83 bits per heavy atom. The molecule has 1 heteroatoms. The van der Waals surface area contributed by atoms with E-state index in [2.05, 4.69) is 19.9 Å². The van der Waals surface area contributed by atoms with Crippen molar-refractivity contribution in [2.45, 2.75) is 52.4 Å². The van der Waals surface area contributed by atoms with Crippen LogP contribution in [0.15, 0.2) is 11.6 Å². The van der Waals surface area contributed by atoms with Gasteiger partial charge in [-0.1, -0.05) is 31.4 Å². The average molecular weight is 172 g/mol. The number of hydrogen-bond donors (Lipinski definition) is 0. The van der Waals surface area contributed by atoms with Crippen molar-refractivity contribution in [1.82, 2.24) is 0 Å². The normalized spacial score (nSPS) is 12.1. The third kappa shape index (κ3) is 6.38.